The molecule has 0 fully saturated rings. The third kappa shape index (κ3) is 2.96. The van der Waals surface area contributed by atoms with Crippen molar-refractivity contribution in [2.45, 2.75) is 13.5 Å². The highest BCUT2D eigenvalue weighted by molar-refractivity contribution is 5.88. The molecule has 0 bridgehead atoms. The Hall–Kier alpha value is -2.13. The van der Waals surface area contributed by atoms with E-state index >= 15 is 0 Å². The van der Waals surface area contributed by atoms with Crippen molar-refractivity contribution in [2.24, 2.45) is 5.73 Å². The summed E-state index contributed by atoms with van der Waals surface area (Å²) < 4.78 is 0. The summed E-state index contributed by atoms with van der Waals surface area (Å²) >= 11 is 0. The lowest BCUT2D eigenvalue weighted by atomic mass is 10.0. The molecule has 2 rings (SSSR count). The fourth-order valence-electron chi connectivity index (χ4n) is 1.78. The topological polar surface area (TPSA) is 55.1 Å². The number of carbonyl (C=O) groups excluding carboxylic acids is 1. The highest BCUT2D eigenvalue weighted by Crippen LogP contribution is 2.21. The molecule has 0 radical (unpaired) electrons. The maximum Gasteiger partial charge on any atom is 0.221 e. The van der Waals surface area contributed by atoms with Gasteiger partial charge in [0.25, 0.3) is 0 Å². The molecule has 0 unspecified atom stereocenters. The van der Waals surface area contributed by atoms with E-state index in [0.29, 0.717) is 6.54 Å². The zero-order valence-corrected chi connectivity index (χ0v) is 10.3. The Morgan fingerprint density at radius 1 is 1.00 bits per heavy atom. The monoisotopic (exact) mass is 240 g/mol. The predicted octanol–water partition coefficient (Wildman–Crippen LogP) is 2.77. The minimum Gasteiger partial charge on any atom is -0.326 e. The van der Waals surface area contributed by atoms with Gasteiger partial charge < -0.3 is 11.1 Å². The van der Waals surface area contributed by atoms with Crippen LogP contribution in [0.4, 0.5) is 5.69 Å². The van der Waals surface area contributed by atoms with Gasteiger partial charge in [-0.2, -0.15) is 0 Å². The number of anilines is 1. The minimum absolute atomic E-state index is 0.0601. The molecule has 0 aliphatic carbocycles. The van der Waals surface area contributed by atoms with E-state index in [1.165, 1.54) is 6.92 Å². The van der Waals surface area contributed by atoms with E-state index in [2.05, 4.69) is 17.4 Å². The van der Waals surface area contributed by atoms with Gasteiger partial charge in [-0.1, -0.05) is 36.4 Å². The summed E-state index contributed by atoms with van der Waals surface area (Å²) in [5.74, 6) is -0.0601. The van der Waals surface area contributed by atoms with Crippen molar-refractivity contribution in [2.75, 3.05) is 5.32 Å². The fraction of sp³-hybridized carbons (Fsp3) is 0.133. The highest BCUT2D eigenvalue weighted by Gasteiger charge is 1.99. The van der Waals surface area contributed by atoms with Gasteiger partial charge in [-0.15, -0.1) is 0 Å². The van der Waals surface area contributed by atoms with Crippen molar-refractivity contribution in [1.29, 1.82) is 0 Å². The van der Waals surface area contributed by atoms with E-state index in [-0.39, 0.29) is 5.91 Å². The van der Waals surface area contributed by atoms with E-state index in [1.807, 2.05) is 36.4 Å². The maximum absolute atomic E-state index is 10.9. The number of nitrogens with two attached hydrogens (primary N) is 1. The SMILES string of the molecule is CC(=O)Nc1ccc(-c2ccc(CN)cc2)cc1. The number of rotatable bonds is 3. The molecule has 0 atom stereocenters. The van der Waals surface area contributed by atoms with Crippen LogP contribution in [0.25, 0.3) is 11.1 Å². The molecule has 0 aliphatic rings. The molecule has 0 heterocycles. The van der Waals surface area contributed by atoms with Gasteiger partial charge in [-0.25, -0.2) is 0 Å². The Labute approximate surface area is 107 Å². The highest BCUT2D eigenvalue weighted by atomic mass is 16.1. The molecular formula is C15H16N2O. The largest absolute Gasteiger partial charge is 0.326 e. The molecule has 0 saturated heterocycles. The molecule has 0 saturated carbocycles. The second-order valence-electron chi connectivity index (χ2n) is 4.16. The molecule has 18 heavy (non-hydrogen) atoms. The summed E-state index contributed by atoms with van der Waals surface area (Å²) in [4.78, 5) is 10.9. The van der Waals surface area contributed by atoms with Crippen LogP contribution in [-0.2, 0) is 11.3 Å². The van der Waals surface area contributed by atoms with Gasteiger partial charge in [0.05, 0.1) is 0 Å². The zero-order valence-electron chi connectivity index (χ0n) is 10.3. The first kappa shape index (κ1) is 12.3. The molecule has 3 heteroatoms. The molecule has 0 aliphatic heterocycles. The summed E-state index contributed by atoms with van der Waals surface area (Å²) in [7, 11) is 0. The maximum atomic E-state index is 10.9. The van der Waals surface area contributed by atoms with Crippen LogP contribution in [0, 0.1) is 0 Å². The smallest absolute Gasteiger partial charge is 0.221 e. The number of hydrogen-bond donors (Lipinski definition) is 2. The number of amides is 1. The van der Waals surface area contributed by atoms with Gasteiger partial charge in [-0.3, -0.25) is 4.79 Å². The number of nitrogens with one attached hydrogen (secondary N) is 1. The van der Waals surface area contributed by atoms with Gasteiger partial charge in [0, 0.05) is 19.2 Å². The van der Waals surface area contributed by atoms with Crippen molar-refractivity contribution in [3.05, 3.63) is 54.1 Å². The lowest BCUT2D eigenvalue weighted by Gasteiger charge is -2.05. The Morgan fingerprint density at radius 3 is 1.94 bits per heavy atom. The van der Waals surface area contributed by atoms with Gasteiger partial charge in [0.15, 0.2) is 0 Å². The number of benzene rings is 2. The van der Waals surface area contributed by atoms with E-state index in [4.69, 9.17) is 5.73 Å². The second kappa shape index (κ2) is 5.47. The van der Waals surface area contributed by atoms with Gasteiger partial charge in [0.2, 0.25) is 5.91 Å². The summed E-state index contributed by atoms with van der Waals surface area (Å²) in [6.07, 6.45) is 0. The third-order valence-electron chi connectivity index (χ3n) is 2.73. The second-order valence-corrected chi connectivity index (χ2v) is 4.16. The van der Waals surface area contributed by atoms with Crippen molar-refractivity contribution in [3.8, 4) is 11.1 Å². The van der Waals surface area contributed by atoms with Crippen molar-refractivity contribution < 1.29 is 4.79 Å². The molecule has 1 amide bonds. The number of carbonyl (C=O) groups is 1. The Kier molecular flexibility index (Phi) is 3.75. The van der Waals surface area contributed by atoms with E-state index in [1.54, 1.807) is 0 Å². The van der Waals surface area contributed by atoms with Crippen LogP contribution in [0.5, 0.6) is 0 Å². The first-order valence-corrected chi connectivity index (χ1v) is 5.86. The molecule has 2 aromatic rings. The van der Waals surface area contributed by atoms with E-state index in [0.717, 1.165) is 22.4 Å². The van der Waals surface area contributed by atoms with E-state index < -0.39 is 0 Å². The molecule has 0 spiro atoms. The standard InChI is InChI=1S/C15H16N2O/c1-11(18)17-15-8-6-14(7-9-15)13-4-2-12(10-16)3-5-13/h2-9H,10,16H2,1H3,(H,17,18). The van der Waals surface area contributed by atoms with Crippen LogP contribution >= 0.6 is 0 Å². The summed E-state index contributed by atoms with van der Waals surface area (Å²) in [6.45, 7) is 2.06. The lowest BCUT2D eigenvalue weighted by molar-refractivity contribution is -0.114. The van der Waals surface area contributed by atoms with Gasteiger partial charge in [-0.05, 0) is 28.8 Å². The van der Waals surface area contributed by atoms with Gasteiger partial charge in [0.1, 0.15) is 0 Å². The minimum atomic E-state index is -0.0601. The first-order chi connectivity index (χ1) is 8.69. The van der Waals surface area contributed by atoms with Crippen LogP contribution in [0.1, 0.15) is 12.5 Å². The van der Waals surface area contributed by atoms with Crippen molar-refractivity contribution in [3.63, 3.8) is 0 Å². The average molecular weight is 240 g/mol. The van der Waals surface area contributed by atoms with Crippen molar-refractivity contribution in [1.82, 2.24) is 0 Å². The summed E-state index contributed by atoms with van der Waals surface area (Å²) in [5.41, 5.74) is 9.75. The quantitative estimate of drug-likeness (QED) is 0.866. The summed E-state index contributed by atoms with van der Waals surface area (Å²) in [6, 6.07) is 15.9. The Balaban J connectivity index is 2.20. The Morgan fingerprint density at radius 2 is 1.50 bits per heavy atom. The van der Waals surface area contributed by atoms with Crippen LogP contribution in [0.2, 0.25) is 0 Å². The average Bonchev–Trinajstić information content (AvgIpc) is 2.39. The summed E-state index contributed by atoms with van der Waals surface area (Å²) in [5, 5.41) is 2.75. The molecular weight excluding hydrogens is 224 g/mol. The van der Waals surface area contributed by atoms with Crippen LogP contribution in [-0.4, -0.2) is 5.91 Å². The first-order valence-electron chi connectivity index (χ1n) is 5.86. The molecule has 0 aromatic heterocycles. The molecule has 3 nitrogen and oxygen atoms in total. The Bertz CT molecular complexity index is 529. The predicted molar refractivity (Wildman–Crippen MR) is 74.1 cm³/mol. The fourth-order valence-corrected chi connectivity index (χ4v) is 1.78. The number of hydrogen-bond acceptors (Lipinski definition) is 2. The van der Waals surface area contributed by atoms with Crippen LogP contribution in [0.15, 0.2) is 48.5 Å². The lowest BCUT2D eigenvalue weighted by Crippen LogP contribution is -2.05. The van der Waals surface area contributed by atoms with Crippen LogP contribution in [0.3, 0.4) is 0 Å². The zero-order chi connectivity index (χ0) is 13.0. The molecule has 3 N–H and O–H groups in total. The molecule has 92 valence electrons. The van der Waals surface area contributed by atoms with E-state index in [9.17, 15) is 4.79 Å². The van der Waals surface area contributed by atoms with Crippen LogP contribution < -0.4 is 11.1 Å². The third-order valence-corrected chi connectivity index (χ3v) is 2.73. The molecule has 2 aromatic carbocycles. The van der Waals surface area contributed by atoms with Crippen molar-refractivity contribution >= 4 is 11.6 Å². The normalized spacial score (nSPS) is 10.1. The van der Waals surface area contributed by atoms with Gasteiger partial charge >= 0.3 is 0 Å².